The van der Waals surface area contributed by atoms with Crippen molar-refractivity contribution in [3.8, 4) is 0 Å². The van der Waals surface area contributed by atoms with Crippen LogP contribution in [0.1, 0.15) is 133 Å². The Morgan fingerprint density at radius 2 is 0.875 bits per heavy atom. The molecule has 2 saturated carbocycles. The van der Waals surface area contributed by atoms with Crippen LogP contribution in [0.25, 0.3) is 0 Å². The Morgan fingerprint density at radius 1 is 0.521 bits per heavy atom. The highest BCUT2D eigenvalue weighted by atomic mass is 19.4. The standard InChI is InChI=1S/C20H32F6O2.C9H14F6O.2C2H6/c1-3-14(2)13-27-18(19(21,22)23,20(24,25)26)15-9-11-17(12-10-15)28-16-7-5-4-6-8-16;1-4-6(2)5-16-7(3,8(10,11)12)9(13,14)15;2*1-2/h14-17H,3-13H2,1-2H3;6H,4-5H2,1-3H3;2*1-2H3. The summed E-state index contributed by atoms with van der Waals surface area (Å²) in [4.78, 5) is 0. The summed E-state index contributed by atoms with van der Waals surface area (Å²) in [5.41, 5.74) is -8.19. The van der Waals surface area contributed by atoms with E-state index in [9.17, 15) is 52.7 Å². The SMILES string of the molecule is CC.CC.CCC(C)COC(C)(C(F)(F)F)C(F)(F)F.CCC(C)COC(C1CCC(OC2CCCCC2)CC1)(C(F)(F)F)C(F)(F)F. The molecule has 2 unspecified atom stereocenters. The van der Waals surface area contributed by atoms with E-state index in [1.807, 2.05) is 27.7 Å². The first-order chi connectivity index (χ1) is 22.0. The summed E-state index contributed by atoms with van der Waals surface area (Å²) in [7, 11) is 0. The fourth-order valence-electron chi connectivity index (χ4n) is 5.13. The van der Waals surface area contributed by atoms with Gasteiger partial charge >= 0.3 is 24.7 Å². The van der Waals surface area contributed by atoms with Crippen molar-refractivity contribution < 1.29 is 66.9 Å². The maximum Gasteiger partial charge on any atom is 0.426 e. The van der Waals surface area contributed by atoms with E-state index in [1.54, 1.807) is 20.8 Å². The Labute approximate surface area is 279 Å². The molecule has 0 N–H and O–H groups in total. The second-order valence-corrected chi connectivity index (χ2v) is 12.3. The van der Waals surface area contributed by atoms with E-state index in [0.29, 0.717) is 12.8 Å². The van der Waals surface area contributed by atoms with Crippen molar-refractivity contribution in [1.29, 1.82) is 0 Å². The summed E-state index contributed by atoms with van der Waals surface area (Å²) < 4.78 is 171. The van der Waals surface area contributed by atoms with Crippen molar-refractivity contribution in [3.63, 3.8) is 0 Å². The van der Waals surface area contributed by atoms with Gasteiger partial charge in [-0.15, -0.1) is 0 Å². The number of hydrogen-bond acceptors (Lipinski definition) is 3. The van der Waals surface area contributed by atoms with Gasteiger partial charge in [0.05, 0.1) is 25.4 Å². The molecule has 0 bridgehead atoms. The molecule has 2 atom stereocenters. The van der Waals surface area contributed by atoms with Crippen LogP contribution in [-0.4, -0.2) is 61.3 Å². The molecule has 0 aliphatic heterocycles. The normalized spacial score (nSPS) is 21.4. The molecule has 0 spiro atoms. The summed E-state index contributed by atoms with van der Waals surface area (Å²) in [5.74, 6) is -2.37. The largest absolute Gasteiger partial charge is 0.426 e. The van der Waals surface area contributed by atoms with Crippen LogP contribution in [0.3, 0.4) is 0 Å². The summed E-state index contributed by atoms with van der Waals surface area (Å²) in [6.07, 6.45) is -16.1. The van der Waals surface area contributed by atoms with Gasteiger partial charge in [0.2, 0.25) is 0 Å². The number of hydrogen-bond donors (Lipinski definition) is 0. The van der Waals surface area contributed by atoms with Gasteiger partial charge in [-0.05, 0) is 57.3 Å². The Hall–Kier alpha value is -0.960. The molecule has 0 heterocycles. The topological polar surface area (TPSA) is 27.7 Å². The van der Waals surface area contributed by atoms with Crippen molar-refractivity contribution >= 4 is 0 Å². The third-order valence-corrected chi connectivity index (χ3v) is 8.76. The lowest BCUT2D eigenvalue weighted by molar-refractivity contribution is -0.402. The second-order valence-electron chi connectivity index (χ2n) is 12.3. The first-order valence-electron chi connectivity index (χ1n) is 17.2. The van der Waals surface area contributed by atoms with Crippen LogP contribution in [0.15, 0.2) is 0 Å². The molecule has 3 nitrogen and oxygen atoms in total. The van der Waals surface area contributed by atoms with Gasteiger partial charge in [0.15, 0.2) is 0 Å². The summed E-state index contributed by atoms with van der Waals surface area (Å²) in [5, 5.41) is 0. The van der Waals surface area contributed by atoms with Crippen LogP contribution in [0.2, 0.25) is 0 Å². The van der Waals surface area contributed by atoms with E-state index >= 15 is 0 Å². The minimum absolute atomic E-state index is 0.00931. The molecule has 0 aromatic heterocycles. The lowest BCUT2D eigenvalue weighted by atomic mass is 9.74. The molecule has 15 heteroatoms. The maximum absolute atomic E-state index is 13.8. The molecular formula is C33H58F12O3. The molecular weight excluding hydrogens is 672 g/mol. The highest BCUT2D eigenvalue weighted by Gasteiger charge is 2.75. The first-order valence-corrected chi connectivity index (χ1v) is 17.2. The molecule has 0 aromatic rings. The maximum atomic E-state index is 13.8. The molecule has 0 saturated heterocycles. The third kappa shape index (κ3) is 14.0. The van der Waals surface area contributed by atoms with Crippen molar-refractivity contribution in [2.75, 3.05) is 13.2 Å². The smallest absolute Gasteiger partial charge is 0.375 e. The molecule has 0 radical (unpaired) electrons. The Bertz CT molecular complexity index is 783. The number of alkyl halides is 12. The van der Waals surface area contributed by atoms with Gasteiger partial charge in [-0.1, -0.05) is 87.5 Å². The van der Waals surface area contributed by atoms with Gasteiger partial charge in [0.1, 0.15) is 0 Å². The van der Waals surface area contributed by atoms with Crippen molar-refractivity contribution in [2.24, 2.45) is 17.8 Å². The molecule has 2 fully saturated rings. The zero-order valence-electron chi connectivity index (χ0n) is 29.8. The van der Waals surface area contributed by atoms with E-state index in [1.165, 1.54) is 6.92 Å². The van der Waals surface area contributed by atoms with E-state index in [0.717, 1.165) is 32.1 Å². The van der Waals surface area contributed by atoms with Gasteiger partial charge in [-0.3, -0.25) is 0 Å². The van der Waals surface area contributed by atoms with Crippen LogP contribution in [0, 0.1) is 17.8 Å². The van der Waals surface area contributed by atoms with Gasteiger partial charge in [0, 0.05) is 5.92 Å². The van der Waals surface area contributed by atoms with Crippen molar-refractivity contribution in [3.05, 3.63) is 0 Å². The van der Waals surface area contributed by atoms with Crippen LogP contribution in [0.5, 0.6) is 0 Å². The fourth-order valence-corrected chi connectivity index (χ4v) is 5.13. The predicted molar refractivity (Wildman–Crippen MR) is 163 cm³/mol. The molecule has 2 aliphatic rings. The minimum atomic E-state index is -5.51. The van der Waals surface area contributed by atoms with Crippen LogP contribution < -0.4 is 0 Å². The van der Waals surface area contributed by atoms with Gasteiger partial charge < -0.3 is 14.2 Å². The van der Waals surface area contributed by atoms with Gasteiger partial charge in [-0.25, -0.2) is 0 Å². The summed E-state index contributed by atoms with van der Waals surface area (Å²) in [6.45, 7) is 13.4. The van der Waals surface area contributed by atoms with E-state index < -0.39 is 55.0 Å². The predicted octanol–water partition coefficient (Wildman–Crippen LogP) is 12.8. The number of ether oxygens (including phenoxy) is 3. The molecule has 2 aliphatic carbocycles. The monoisotopic (exact) mass is 730 g/mol. The fraction of sp³-hybridized carbons (Fsp3) is 1.00. The molecule has 0 aromatic carbocycles. The molecule has 292 valence electrons. The number of halogens is 12. The molecule has 48 heavy (non-hydrogen) atoms. The van der Waals surface area contributed by atoms with Crippen molar-refractivity contribution in [1.82, 2.24) is 0 Å². The zero-order chi connectivity index (χ0) is 38.2. The first kappa shape index (κ1) is 49.2. The van der Waals surface area contributed by atoms with Crippen LogP contribution in [0.4, 0.5) is 52.7 Å². The highest BCUT2D eigenvalue weighted by Crippen LogP contribution is 2.54. The second kappa shape index (κ2) is 21.4. The van der Waals surface area contributed by atoms with E-state index in [4.69, 9.17) is 9.47 Å². The van der Waals surface area contributed by atoms with Crippen LogP contribution >= 0.6 is 0 Å². The van der Waals surface area contributed by atoms with Gasteiger partial charge in [0.25, 0.3) is 11.2 Å². The third-order valence-electron chi connectivity index (χ3n) is 8.76. The van der Waals surface area contributed by atoms with E-state index in [2.05, 4.69) is 4.74 Å². The minimum Gasteiger partial charge on any atom is -0.375 e. The lowest BCUT2D eigenvalue weighted by Gasteiger charge is -2.45. The Morgan fingerprint density at radius 3 is 1.21 bits per heavy atom. The van der Waals surface area contributed by atoms with E-state index in [-0.39, 0.29) is 56.7 Å². The summed E-state index contributed by atoms with van der Waals surface area (Å²) >= 11 is 0. The average molecular weight is 731 g/mol. The summed E-state index contributed by atoms with van der Waals surface area (Å²) in [6, 6.07) is 0. The van der Waals surface area contributed by atoms with Crippen LogP contribution in [-0.2, 0) is 14.2 Å². The zero-order valence-corrected chi connectivity index (χ0v) is 29.8. The average Bonchev–Trinajstić information content (AvgIpc) is 3.00. The Kier molecular flexibility index (Phi) is 21.9. The molecule has 0 amide bonds. The Balaban J connectivity index is 0. The lowest BCUT2D eigenvalue weighted by Crippen LogP contribution is -2.64. The van der Waals surface area contributed by atoms with Gasteiger partial charge in [-0.2, -0.15) is 52.7 Å². The van der Waals surface area contributed by atoms with Crippen molar-refractivity contribution in [2.45, 2.75) is 181 Å². The molecule has 2 rings (SSSR count). The quantitative estimate of drug-likeness (QED) is 0.198. The highest BCUT2D eigenvalue weighted by molar-refractivity contribution is 5.03. The number of rotatable bonds is 11.